The van der Waals surface area contributed by atoms with E-state index in [2.05, 4.69) is 54.2 Å². The van der Waals surface area contributed by atoms with Crippen LogP contribution in [0.1, 0.15) is 159 Å². The first-order valence-corrected chi connectivity index (χ1v) is 16.5. The molecule has 1 fully saturated rings. The molecule has 0 N–H and O–H groups in total. The quantitative estimate of drug-likeness (QED) is 0.170. The van der Waals surface area contributed by atoms with Crippen molar-refractivity contribution >= 4 is 0 Å². The molecule has 1 aliphatic rings. The molecule has 0 radical (unpaired) electrons. The number of nitriles is 1. The molecule has 3 heteroatoms. The number of aryl methyl sites for hydroxylation is 1. The van der Waals surface area contributed by atoms with E-state index in [1.807, 2.05) is 12.4 Å². The summed E-state index contributed by atoms with van der Waals surface area (Å²) in [5, 5.41) is 10.0. The van der Waals surface area contributed by atoms with Gasteiger partial charge in [-0.15, -0.1) is 0 Å². The molecule has 3 nitrogen and oxygen atoms in total. The van der Waals surface area contributed by atoms with E-state index in [0.29, 0.717) is 5.92 Å². The van der Waals surface area contributed by atoms with Gasteiger partial charge in [0.1, 0.15) is 0 Å². The third kappa shape index (κ3) is 11.1. The van der Waals surface area contributed by atoms with Crippen molar-refractivity contribution in [3.05, 3.63) is 47.8 Å². The molecule has 0 aliphatic heterocycles. The predicted molar refractivity (Wildman–Crippen MR) is 166 cm³/mol. The van der Waals surface area contributed by atoms with Crippen molar-refractivity contribution in [3.63, 3.8) is 0 Å². The monoisotopic (exact) mass is 529 g/mol. The standard InChI is InChI=1S/C36H55N3/c1-3-5-7-9-11-13-15-17-25-36(30-37)26-23-33(24-27-36)32-19-21-34(22-20-32)35-38-28-31(29-39-35)18-16-14-12-10-8-6-4-2/h19-22,28-29,33H,3-18,23-27H2,1-2H3/t33-,36-. The summed E-state index contributed by atoms with van der Waals surface area (Å²) < 4.78 is 0. The minimum atomic E-state index is -0.0801. The van der Waals surface area contributed by atoms with Crippen molar-refractivity contribution in [1.82, 2.24) is 9.97 Å². The Labute approximate surface area is 240 Å². The molecule has 0 spiro atoms. The fourth-order valence-electron chi connectivity index (χ4n) is 6.34. The first-order valence-electron chi connectivity index (χ1n) is 16.5. The Hall–Kier alpha value is -2.21. The van der Waals surface area contributed by atoms with E-state index in [9.17, 15) is 5.26 Å². The molecule has 39 heavy (non-hydrogen) atoms. The van der Waals surface area contributed by atoms with Crippen LogP contribution in [0.25, 0.3) is 11.4 Å². The zero-order valence-electron chi connectivity index (χ0n) is 25.2. The number of nitrogens with zero attached hydrogens (tertiary/aromatic N) is 3. The Morgan fingerprint density at radius 1 is 0.718 bits per heavy atom. The minimum absolute atomic E-state index is 0.0801. The molecule has 1 aromatic carbocycles. The second-order valence-corrected chi connectivity index (χ2v) is 12.3. The van der Waals surface area contributed by atoms with Crippen LogP contribution in [-0.4, -0.2) is 9.97 Å². The summed E-state index contributed by atoms with van der Waals surface area (Å²) in [5.41, 5.74) is 3.67. The highest BCUT2D eigenvalue weighted by molar-refractivity contribution is 5.55. The fourth-order valence-corrected chi connectivity index (χ4v) is 6.34. The summed E-state index contributed by atoms with van der Waals surface area (Å²) >= 11 is 0. The van der Waals surface area contributed by atoms with Crippen LogP contribution in [0.4, 0.5) is 0 Å². The Kier molecular flexibility index (Phi) is 14.6. The first kappa shape index (κ1) is 31.3. The van der Waals surface area contributed by atoms with Gasteiger partial charge in [-0.25, -0.2) is 9.97 Å². The molecule has 1 heterocycles. The summed E-state index contributed by atoms with van der Waals surface area (Å²) in [6, 6.07) is 11.7. The van der Waals surface area contributed by atoms with E-state index in [0.717, 1.165) is 49.9 Å². The van der Waals surface area contributed by atoms with Crippen molar-refractivity contribution < 1.29 is 0 Å². The van der Waals surface area contributed by atoms with Crippen molar-refractivity contribution in [2.75, 3.05) is 0 Å². The van der Waals surface area contributed by atoms with Gasteiger partial charge in [-0.05, 0) is 62.0 Å². The van der Waals surface area contributed by atoms with Gasteiger partial charge in [-0.3, -0.25) is 0 Å². The van der Waals surface area contributed by atoms with E-state index in [4.69, 9.17) is 0 Å². The third-order valence-corrected chi connectivity index (χ3v) is 9.10. The molecular weight excluding hydrogens is 474 g/mol. The van der Waals surface area contributed by atoms with Crippen LogP contribution in [0.15, 0.2) is 36.7 Å². The summed E-state index contributed by atoms with van der Waals surface area (Å²) in [5.74, 6) is 1.40. The number of aromatic nitrogens is 2. The lowest BCUT2D eigenvalue weighted by molar-refractivity contribution is 0.222. The Morgan fingerprint density at radius 3 is 1.77 bits per heavy atom. The van der Waals surface area contributed by atoms with Crippen molar-refractivity contribution in [2.24, 2.45) is 5.41 Å². The third-order valence-electron chi connectivity index (χ3n) is 9.10. The van der Waals surface area contributed by atoms with Crippen LogP contribution < -0.4 is 0 Å². The van der Waals surface area contributed by atoms with E-state index < -0.39 is 0 Å². The number of benzene rings is 1. The predicted octanol–water partition coefficient (Wildman–Crippen LogP) is 11.1. The largest absolute Gasteiger partial charge is 0.236 e. The molecule has 0 atom stereocenters. The molecule has 1 aliphatic carbocycles. The van der Waals surface area contributed by atoms with Crippen LogP contribution in [0.2, 0.25) is 0 Å². The molecule has 1 aromatic heterocycles. The Balaban J connectivity index is 1.38. The summed E-state index contributed by atoms with van der Waals surface area (Å²) in [6.07, 6.45) is 30.6. The van der Waals surface area contributed by atoms with Gasteiger partial charge in [0.25, 0.3) is 0 Å². The Bertz CT molecular complexity index is 933. The van der Waals surface area contributed by atoms with Crippen molar-refractivity contribution in [3.8, 4) is 17.5 Å². The lowest BCUT2D eigenvalue weighted by Gasteiger charge is -2.35. The van der Waals surface area contributed by atoms with E-state index in [1.54, 1.807) is 0 Å². The van der Waals surface area contributed by atoms with Crippen LogP contribution in [-0.2, 0) is 6.42 Å². The summed E-state index contributed by atoms with van der Waals surface area (Å²) in [6.45, 7) is 4.55. The topological polar surface area (TPSA) is 49.6 Å². The molecule has 0 saturated heterocycles. The maximum atomic E-state index is 10.0. The zero-order valence-corrected chi connectivity index (χ0v) is 25.2. The van der Waals surface area contributed by atoms with Crippen molar-refractivity contribution in [1.29, 1.82) is 5.26 Å². The van der Waals surface area contributed by atoms with E-state index in [1.165, 1.54) is 107 Å². The molecule has 0 amide bonds. The summed E-state index contributed by atoms with van der Waals surface area (Å²) in [4.78, 5) is 9.35. The molecule has 214 valence electrons. The van der Waals surface area contributed by atoms with Crippen molar-refractivity contribution in [2.45, 2.75) is 155 Å². The fraction of sp³-hybridized carbons (Fsp3) is 0.694. The normalized spacial score (nSPS) is 19.2. The first-order chi connectivity index (χ1) is 19.2. The van der Waals surface area contributed by atoms with Gasteiger partial charge in [0, 0.05) is 18.0 Å². The molecule has 0 bridgehead atoms. The average molecular weight is 530 g/mol. The Morgan fingerprint density at radius 2 is 1.23 bits per heavy atom. The van der Waals surface area contributed by atoms with Gasteiger partial charge in [0.2, 0.25) is 0 Å². The van der Waals surface area contributed by atoms with Gasteiger partial charge in [-0.2, -0.15) is 5.26 Å². The maximum absolute atomic E-state index is 10.0. The van der Waals surface area contributed by atoms with Crippen LogP contribution in [0.3, 0.4) is 0 Å². The zero-order chi connectivity index (χ0) is 27.6. The van der Waals surface area contributed by atoms with E-state index in [-0.39, 0.29) is 5.41 Å². The number of hydrogen-bond donors (Lipinski definition) is 0. The minimum Gasteiger partial charge on any atom is -0.236 e. The molecule has 0 unspecified atom stereocenters. The number of hydrogen-bond acceptors (Lipinski definition) is 3. The van der Waals surface area contributed by atoms with Crippen LogP contribution in [0.5, 0.6) is 0 Å². The molecular formula is C36H55N3. The lowest BCUT2D eigenvalue weighted by atomic mass is 9.67. The highest BCUT2D eigenvalue weighted by Gasteiger charge is 2.35. The van der Waals surface area contributed by atoms with Gasteiger partial charge < -0.3 is 0 Å². The van der Waals surface area contributed by atoms with Crippen LogP contribution >= 0.6 is 0 Å². The lowest BCUT2D eigenvalue weighted by Crippen LogP contribution is -2.25. The van der Waals surface area contributed by atoms with Gasteiger partial charge in [-0.1, -0.05) is 128 Å². The SMILES string of the molecule is CCCCCCCCCC[C@]1(C#N)CC[C@H](c2ccc(-c3ncc(CCCCCCCCC)cn3)cc2)CC1. The highest BCUT2D eigenvalue weighted by Crippen LogP contribution is 2.45. The van der Waals surface area contributed by atoms with Gasteiger partial charge >= 0.3 is 0 Å². The number of unbranched alkanes of at least 4 members (excludes halogenated alkanes) is 13. The maximum Gasteiger partial charge on any atom is 0.159 e. The summed E-state index contributed by atoms with van der Waals surface area (Å²) in [7, 11) is 0. The van der Waals surface area contributed by atoms with E-state index >= 15 is 0 Å². The molecule has 3 rings (SSSR count). The number of rotatable bonds is 19. The van der Waals surface area contributed by atoms with Gasteiger partial charge in [0.15, 0.2) is 5.82 Å². The van der Waals surface area contributed by atoms with Gasteiger partial charge in [0.05, 0.1) is 11.5 Å². The molecule has 1 saturated carbocycles. The second-order valence-electron chi connectivity index (χ2n) is 12.3. The highest BCUT2D eigenvalue weighted by atomic mass is 14.9. The smallest absolute Gasteiger partial charge is 0.159 e. The average Bonchev–Trinajstić information content (AvgIpc) is 2.99. The molecule has 2 aromatic rings. The second kappa shape index (κ2) is 18.2. The van der Waals surface area contributed by atoms with Crippen LogP contribution in [0, 0.1) is 16.7 Å².